The molecule has 0 unspecified atom stereocenters. The number of aromatic nitrogens is 1. The number of thiazole rings is 1. The maximum atomic E-state index is 11.7. The molecule has 1 aromatic heterocycles. The summed E-state index contributed by atoms with van der Waals surface area (Å²) < 4.78 is 5.15. The van der Waals surface area contributed by atoms with Crippen molar-refractivity contribution in [3.05, 3.63) is 16.1 Å². The second kappa shape index (κ2) is 5.45. The van der Waals surface area contributed by atoms with E-state index in [0.29, 0.717) is 19.4 Å². The third-order valence-corrected chi connectivity index (χ3v) is 3.63. The van der Waals surface area contributed by atoms with Crippen LogP contribution in [0.15, 0.2) is 5.38 Å². The first-order valence-corrected chi connectivity index (χ1v) is 6.51. The zero-order chi connectivity index (χ0) is 13.1. The standard InChI is InChI=1S/C11H14N2O4S/c1-6-5-18-9(13-6)4-12-10(14)7-2-3-8(17-7)11(15)16/h5,7-8H,2-4H2,1H3,(H,12,14)(H,15,16)/t7-,8+/m0/s1. The van der Waals surface area contributed by atoms with E-state index in [1.54, 1.807) is 0 Å². The van der Waals surface area contributed by atoms with Crippen LogP contribution in [0, 0.1) is 6.92 Å². The summed E-state index contributed by atoms with van der Waals surface area (Å²) in [4.78, 5) is 26.6. The molecule has 98 valence electrons. The minimum Gasteiger partial charge on any atom is -0.479 e. The van der Waals surface area contributed by atoms with Crippen LogP contribution in [0.5, 0.6) is 0 Å². The highest BCUT2D eigenvalue weighted by Crippen LogP contribution is 2.20. The van der Waals surface area contributed by atoms with Crippen molar-refractivity contribution in [2.75, 3.05) is 0 Å². The molecule has 6 nitrogen and oxygen atoms in total. The van der Waals surface area contributed by atoms with E-state index < -0.39 is 18.2 Å². The first-order chi connectivity index (χ1) is 8.56. The summed E-state index contributed by atoms with van der Waals surface area (Å²) in [6.45, 7) is 2.24. The number of aliphatic carboxylic acids is 1. The highest BCUT2D eigenvalue weighted by molar-refractivity contribution is 7.09. The van der Waals surface area contributed by atoms with Gasteiger partial charge in [-0.05, 0) is 19.8 Å². The summed E-state index contributed by atoms with van der Waals surface area (Å²) >= 11 is 1.48. The number of carboxylic acids is 1. The first-order valence-electron chi connectivity index (χ1n) is 5.63. The molecule has 0 aliphatic carbocycles. The molecule has 2 atom stereocenters. The number of nitrogens with one attached hydrogen (secondary N) is 1. The molecule has 1 fully saturated rings. The highest BCUT2D eigenvalue weighted by Gasteiger charge is 2.34. The van der Waals surface area contributed by atoms with Crippen LogP contribution in [0.2, 0.25) is 0 Å². The first kappa shape index (κ1) is 13.0. The van der Waals surface area contributed by atoms with E-state index in [2.05, 4.69) is 10.3 Å². The fraction of sp³-hybridized carbons (Fsp3) is 0.545. The number of carboxylic acid groups (broad SMARTS) is 1. The lowest BCUT2D eigenvalue weighted by atomic mass is 10.2. The Labute approximate surface area is 108 Å². The summed E-state index contributed by atoms with van der Waals surface area (Å²) in [6.07, 6.45) is -0.696. The number of nitrogens with zero attached hydrogens (tertiary/aromatic N) is 1. The van der Waals surface area contributed by atoms with Gasteiger partial charge in [-0.3, -0.25) is 4.79 Å². The van der Waals surface area contributed by atoms with Crippen molar-refractivity contribution in [3.63, 3.8) is 0 Å². The molecule has 1 aliphatic heterocycles. The van der Waals surface area contributed by atoms with E-state index in [-0.39, 0.29) is 5.91 Å². The van der Waals surface area contributed by atoms with Crippen LogP contribution in [0.25, 0.3) is 0 Å². The lowest BCUT2D eigenvalue weighted by molar-refractivity contribution is -0.151. The molecular weight excluding hydrogens is 256 g/mol. The fourth-order valence-corrected chi connectivity index (χ4v) is 2.48. The summed E-state index contributed by atoms with van der Waals surface area (Å²) in [5.41, 5.74) is 0.923. The Bertz CT molecular complexity index is 460. The van der Waals surface area contributed by atoms with Gasteiger partial charge in [0, 0.05) is 11.1 Å². The normalized spacial score (nSPS) is 22.9. The number of carbonyl (C=O) groups excluding carboxylic acids is 1. The van der Waals surface area contributed by atoms with Gasteiger partial charge in [0.25, 0.3) is 0 Å². The topological polar surface area (TPSA) is 88.5 Å². The molecule has 1 aromatic rings. The lowest BCUT2D eigenvalue weighted by Gasteiger charge is -2.10. The van der Waals surface area contributed by atoms with Crippen molar-refractivity contribution in [2.24, 2.45) is 0 Å². The second-order valence-corrected chi connectivity index (χ2v) is 5.07. The van der Waals surface area contributed by atoms with Gasteiger partial charge >= 0.3 is 5.97 Å². The Hall–Kier alpha value is -1.47. The average molecular weight is 270 g/mol. The Morgan fingerprint density at radius 3 is 2.83 bits per heavy atom. The smallest absolute Gasteiger partial charge is 0.332 e. The van der Waals surface area contributed by atoms with Crippen LogP contribution in [-0.2, 0) is 20.9 Å². The summed E-state index contributed by atoms with van der Waals surface area (Å²) in [7, 11) is 0. The van der Waals surface area contributed by atoms with E-state index in [1.165, 1.54) is 11.3 Å². The van der Waals surface area contributed by atoms with E-state index in [0.717, 1.165) is 10.7 Å². The molecule has 2 heterocycles. The monoisotopic (exact) mass is 270 g/mol. The van der Waals surface area contributed by atoms with Crippen LogP contribution in [0.1, 0.15) is 23.5 Å². The van der Waals surface area contributed by atoms with Crippen molar-refractivity contribution in [2.45, 2.75) is 38.5 Å². The van der Waals surface area contributed by atoms with Crippen LogP contribution in [-0.4, -0.2) is 34.2 Å². The van der Waals surface area contributed by atoms with Crippen LogP contribution < -0.4 is 5.32 Å². The molecule has 0 bridgehead atoms. The third-order valence-electron chi connectivity index (χ3n) is 2.67. The van der Waals surface area contributed by atoms with Crippen molar-refractivity contribution in [1.29, 1.82) is 0 Å². The molecule has 1 aliphatic rings. The Morgan fingerprint density at radius 2 is 2.28 bits per heavy atom. The van der Waals surface area contributed by atoms with E-state index in [9.17, 15) is 9.59 Å². The van der Waals surface area contributed by atoms with Gasteiger partial charge in [0.15, 0.2) is 6.10 Å². The predicted octanol–water partition coefficient (Wildman–Crippen LogP) is 0.700. The number of hydrogen-bond acceptors (Lipinski definition) is 5. The molecule has 0 radical (unpaired) electrons. The van der Waals surface area contributed by atoms with Crippen LogP contribution in [0.3, 0.4) is 0 Å². The van der Waals surface area contributed by atoms with Gasteiger partial charge < -0.3 is 15.2 Å². The lowest BCUT2D eigenvalue weighted by Crippen LogP contribution is -2.35. The van der Waals surface area contributed by atoms with Gasteiger partial charge in [0.2, 0.25) is 5.91 Å². The zero-order valence-corrected chi connectivity index (χ0v) is 10.7. The van der Waals surface area contributed by atoms with Crippen molar-refractivity contribution in [1.82, 2.24) is 10.3 Å². The minimum atomic E-state index is -1.01. The molecule has 0 spiro atoms. The molecular formula is C11H14N2O4S. The molecule has 7 heteroatoms. The number of carbonyl (C=O) groups is 2. The van der Waals surface area contributed by atoms with Crippen molar-refractivity contribution in [3.8, 4) is 0 Å². The number of rotatable bonds is 4. The van der Waals surface area contributed by atoms with Crippen molar-refractivity contribution < 1.29 is 19.4 Å². The Morgan fingerprint density at radius 1 is 1.56 bits per heavy atom. The zero-order valence-electron chi connectivity index (χ0n) is 9.88. The van der Waals surface area contributed by atoms with Gasteiger partial charge in [-0.2, -0.15) is 0 Å². The molecule has 2 rings (SSSR count). The van der Waals surface area contributed by atoms with Gasteiger partial charge in [0.1, 0.15) is 11.1 Å². The number of ether oxygens (including phenoxy) is 1. The van der Waals surface area contributed by atoms with Gasteiger partial charge in [-0.15, -0.1) is 11.3 Å². The Kier molecular flexibility index (Phi) is 3.93. The van der Waals surface area contributed by atoms with Gasteiger partial charge in [-0.25, -0.2) is 9.78 Å². The van der Waals surface area contributed by atoms with Crippen molar-refractivity contribution >= 4 is 23.2 Å². The molecule has 0 saturated carbocycles. The highest BCUT2D eigenvalue weighted by atomic mass is 32.1. The largest absolute Gasteiger partial charge is 0.479 e. The summed E-state index contributed by atoms with van der Waals surface area (Å²) in [5, 5.41) is 14.2. The molecule has 1 amide bonds. The molecule has 0 aromatic carbocycles. The average Bonchev–Trinajstić information content (AvgIpc) is 2.94. The minimum absolute atomic E-state index is 0.272. The molecule has 18 heavy (non-hydrogen) atoms. The Balaban J connectivity index is 1.80. The second-order valence-electron chi connectivity index (χ2n) is 4.13. The summed E-state index contributed by atoms with van der Waals surface area (Å²) in [6, 6.07) is 0. The number of amides is 1. The third kappa shape index (κ3) is 3.05. The fourth-order valence-electron chi connectivity index (χ4n) is 1.77. The number of aryl methyl sites for hydroxylation is 1. The predicted molar refractivity (Wildman–Crippen MR) is 64.2 cm³/mol. The quantitative estimate of drug-likeness (QED) is 0.840. The van der Waals surface area contributed by atoms with Gasteiger partial charge in [-0.1, -0.05) is 0 Å². The number of hydrogen-bond donors (Lipinski definition) is 2. The van der Waals surface area contributed by atoms with E-state index >= 15 is 0 Å². The van der Waals surface area contributed by atoms with Gasteiger partial charge in [0.05, 0.1) is 6.54 Å². The van der Waals surface area contributed by atoms with Crippen LogP contribution >= 0.6 is 11.3 Å². The molecule has 1 saturated heterocycles. The van der Waals surface area contributed by atoms with E-state index in [1.807, 2.05) is 12.3 Å². The molecule has 2 N–H and O–H groups in total. The maximum Gasteiger partial charge on any atom is 0.332 e. The summed E-state index contributed by atoms with van der Waals surface area (Å²) in [5.74, 6) is -1.28. The SMILES string of the molecule is Cc1csc(CNC(=O)[C@@H]2CC[C@H](C(=O)O)O2)n1. The van der Waals surface area contributed by atoms with E-state index in [4.69, 9.17) is 9.84 Å². The maximum absolute atomic E-state index is 11.7. The van der Waals surface area contributed by atoms with Crippen LogP contribution in [0.4, 0.5) is 0 Å².